The number of carboxylic acid groups (broad SMARTS) is 2. The molecule has 8 nitrogen and oxygen atoms in total. The molecule has 0 fully saturated rings. The second-order valence-corrected chi connectivity index (χ2v) is 6.41. The van der Waals surface area contributed by atoms with Gasteiger partial charge < -0.3 is 14.9 Å². The minimum absolute atomic E-state index is 0.0944. The molecule has 0 aliphatic carbocycles. The van der Waals surface area contributed by atoms with E-state index in [1.165, 1.54) is 12.1 Å². The lowest BCUT2D eigenvalue weighted by molar-refractivity contribution is 0.0651. The number of aromatic carboxylic acids is 2. The molecule has 2 amide bonds. The van der Waals surface area contributed by atoms with E-state index in [0.717, 1.165) is 17.0 Å². The van der Waals surface area contributed by atoms with Crippen molar-refractivity contribution in [1.29, 1.82) is 0 Å². The predicted molar refractivity (Wildman–Crippen MR) is 104 cm³/mol. The Balaban J connectivity index is 1.65. The van der Waals surface area contributed by atoms with Crippen molar-refractivity contribution in [2.24, 2.45) is 0 Å². The highest BCUT2D eigenvalue weighted by molar-refractivity contribution is 6.34. The Bertz CT molecular complexity index is 1200. The number of carbonyl (C=O) groups is 4. The van der Waals surface area contributed by atoms with Crippen molar-refractivity contribution in [3.05, 3.63) is 89.0 Å². The normalized spacial score (nSPS) is 12.6. The highest BCUT2D eigenvalue weighted by Crippen LogP contribution is 2.32. The molecule has 0 atom stereocenters. The van der Waals surface area contributed by atoms with Crippen LogP contribution in [0.5, 0.6) is 11.5 Å². The molecule has 1 heterocycles. The lowest BCUT2D eigenvalue weighted by Gasteiger charge is -2.15. The molecule has 4 rings (SSSR count). The third-order valence-corrected chi connectivity index (χ3v) is 4.56. The fourth-order valence-corrected chi connectivity index (χ4v) is 3.20. The summed E-state index contributed by atoms with van der Waals surface area (Å²) in [6.45, 7) is 0. The van der Waals surface area contributed by atoms with Gasteiger partial charge in [0.1, 0.15) is 11.5 Å². The topological polar surface area (TPSA) is 121 Å². The van der Waals surface area contributed by atoms with Gasteiger partial charge in [0, 0.05) is 6.07 Å². The second kappa shape index (κ2) is 7.17. The standard InChI is InChI=1S/C22H13NO7/c24-19-15-6-1-2-7-16(15)20(25)23(19)12-4-3-5-13(10-12)30-14-8-9-17(21(26)27)18(11-14)22(28)29/h1-11H,(H,26,27)(H,28,29). The maximum atomic E-state index is 12.6. The molecule has 0 unspecified atom stereocenters. The van der Waals surface area contributed by atoms with E-state index in [2.05, 4.69) is 0 Å². The molecule has 30 heavy (non-hydrogen) atoms. The fraction of sp³-hybridized carbons (Fsp3) is 0. The number of hydrogen-bond donors (Lipinski definition) is 2. The molecule has 0 spiro atoms. The number of amides is 2. The van der Waals surface area contributed by atoms with E-state index in [9.17, 15) is 24.3 Å². The maximum Gasteiger partial charge on any atom is 0.336 e. The minimum Gasteiger partial charge on any atom is -0.478 e. The van der Waals surface area contributed by atoms with Crippen LogP contribution < -0.4 is 9.64 Å². The van der Waals surface area contributed by atoms with Crippen LogP contribution in [0.1, 0.15) is 41.4 Å². The summed E-state index contributed by atoms with van der Waals surface area (Å²) in [4.78, 5) is 48.8. The van der Waals surface area contributed by atoms with Gasteiger partial charge in [-0.2, -0.15) is 0 Å². The Kier molecular flexibility index (Phi) is 4.51. The van der Waals surface area contributed by atoms with Crippen molar-refractivity contribution < 1.29 is 34.1 Å². The molecular weight excluding hydrogens is 390 g/mol. The van der Waals surface area contributed by atoms with Gasteiger partial charge in [-0.3, -0.25) is 9.59 Å². The molecule has 3 aromatic rings. The van der Waals surface area contributed by atoms with Crippen LogP contribution in [0.15, 0.2) is 66.7 Å². The van der Waals surface area contributed by atoms with Crippen molar-refractivity contribution in [3.63, 3.8) is 0 Å². The number of anilines is 1. The van der Waals surface area contributed by atoms with Crippen LogP contribution in [0.4, 0.5) is 5.69 Å². The quantitative estimate of drug-likeness (QED) is 0.623. The average Bonchev–Trinajstić information content (AvgIpc) is 2.98. The number of rotatable bonds is 5. The molecule has 1 aliphatic heterocycles. The van der Waals surface area contributed by atoms with E-state index < -0.39 is 29.3 Å². The summed E-state index contributed by atoms with van der Waals surface area (Å²) in [5, 5.41) is 18.3. The number of benzene rings is 3. The number of nitrogens with zero attached hydrogens (tertiary/aromatic N) is 1. The second-order valence-electron chi connectivity index (χ2n) is 6.41. The largest absolute Gasteiger partial charge is 0.478 e. The molecule has 2 N–H and O–H groups in total. The zero-order valence-corrected chi connectivity index (χ0v) is 15.2. The summed E-state index contributed by atoms with van der Waals surface area (Å²) >= 11 is 0. The number of carboxylic acids is 2. The summed E-state index contributed by atoms with van der Waals surface area (Å²) in [6, 6.07) is 16.2. The van der Waals surface area contributed by atoms with Gasteiger partial charge in [0.05, 0.1) is 27.9 Å². The first-order chi connectivity index (χ1) is 14.4. The smallest absolute Gasteiger partial charge is 0.336 e. The summed E-state index contributed by atoms with van der Waals surface area (Å²) in [7, 11) is 0. The van der Waals surface area contributed by atoms with E-state index in [4.69, 9.17) is 9.84 Å². The van der Waals surface area contributed by atoms with Crippen molar-refractivity contribution in [2.45, 2.75) is 0 Å². The van der Waals surface area contributed by atoms with Crippen molar-refractivity contribution >= 4 is 29.4 Å². The number of hydrogen-bond acceptors (Lipinski definition) is 5. The van der Waals surface area contributed by atoms with Crippen molar-refractivity contribution in [3.8, 4) is 11.5 Å². The van der Waals surface area contributed by atoms with Gasteiger partial charge in [-0.15, -0.1) is 0 Å². The van der Waals surface area contributed by atoms with Crippen LogP contribution in [-0.4, -0.2) is 34.0 Å². The Hall–Kier alpha value is -4.46. The van der Waals surface area contributed by atoms with Crippen molar-refractivity contribution in [2.75, 3.05) is 4.90 Å². The molecular formula is C22H13NO7. The molecule has 1 aliphatic rings. The molecule has 0 saturated carbocycles. The molecule has 8 heteroatoms. The van der Waals surface area contributed by atoms with Gasteiger partial charge in [0.25, 0.3) is 11.8 Å². The van der Waals surface area contributed by atoms with Crippen LogP contribution in [0.3, 0.4) is 0 Å². The van der Waals surface area contributed by atoms with Crippen LogP contribution in [-0.2, 0) is 0 Å². The molecule has 0 bridgehead atoms. The van der Waals surface area contributed by atoms with Gasteiger partial charge in [-0.25, -0.2) is 14.5 Å². The molecule has 0 radical (unpaired) electrons. The van der Waals surface area contributed by atoms with E-state index >= 15 is 0 Å². The number of imide groups is 1. The van der Waals surface area contributed by atoms with E-state index in [0.29, 0.717) is 16.8 Å². The van der Waals surface area contributed by atoms with Crippen LogP contribution in [0.25, 0.3) is 0 Å². The van der Waals surface area contributed by atoms with Gasteiger partial charge in [-0.1, -0.05) is 18.2 Å². The maximum absolute atomic E-state index is 12.6. The van der Waals surface area contributed by atoms with Gasteiger partial charge in [0.15, 0.2) is 0 Å². The van der Waals surface area contributed by atoms with Crippen LogP contribution in [0, 0.1) is 0 Å². The number of carbonyl (C=O) groups excluding carboxylic acids is 2. The first-order valence-corrected chi connectivity index (χ1v) is 8.73. The van der Waals surface area contributed by atoms with E-state index in [-0.39, 0.29) is 17.1 Å². The molecule has 0 aromatic heterocycles. The zero-order chi connectivity index (χ0) is 21.4. The molecule has 148 valence electrons. The average molecular weight is 403 g/mol. The van der Waals surface area contributed by atoms with Crippen molar-refractivity contribution in [1.82, 2.24) is 0 Å². The Labute approximate surface area is 169 Å². The predicted octanol–water partition coefficient (Wildman–Crippen LogP) is 3.68. The van der Waals surface area contributed by atoms with Crippen LogP contribution >= 0.6 is 0 Å². The first-order valence-electron chi connectivity index (χ1n) is 8.73. The fourth-order valence-electron chi connectivity index (χ4n) is 3.20. The highest BCUT2D eigenvalue weighted by atomic mass is 16.5. The minimum atomic E-state index is -1.40. The Morgan fingerprint density at radius 3 is 1.90 bits per heavy atom. The lowest BCUT2D eigenvalue weighted by atomic mass is 10.1. The Morgan fingerprint density at radius 2 is 1.30 bits per heavy atom. The zero-order valence-electron chi connectivity index (χ0n) is 15.2. The number of ether oxygens (including phenoxy) is 1. The highest BCUT2D eigenvalue weighted by Gasteiger charge is 2.36. The summed E-state index contributed by atoms with van der Waals surface area (Å²) < 4.78 is 5.65. The summed E-state index contributed by atoms with van der Waals surface area (Å²) in [5.74, 6) is -3.34. The van der Waals surface area contributed by atoms with Gasteiger partial charge >= 0.3 is 11.9 Å². The SMILES string of the molecule is O=C(O)c1ccc(Oc2cccc(N3C(=O)c4ccccc4C3=O)c2)cc1C(=O)O. The molecule has 3 aromatic carbocycles. The Morgan fingerprint density at radius 1 is 0.700 bits per heavy atom. The lowest BCUT2D eigenvalue weighted by Crippen LogP contribution is -2.29. The third-order valence-electron chi connectivity index (χ3n) is 4.56. The van der Waals surface area contributed by atoms with Gasteiger partial charge in [-0.05, 0) is 42.5 Å². The monoisotopic (exact) mass is 403 g/mol. The van der Waals surface area contributed by atoms with Gasteiger partial charge in [0.2, 0.25) is 0 Å². The molecule has 0 saturated heterocycles. The van der Waals surface area contributed by atoms with E-state index in [1.807, 2.05) is 0 Å². The first kappa shape index (κ1) is 18.9. The summed E-state index contributed by atoms with van der Waals surface area (Å²) in [5.41, 5.74) is 0.124. The summed E-state index contributed by atoms with van der Waals surface area (Å²) in [6.07, 6.45) is 0. The third kappa shape index (κ3) is 3.16. The number of fused-ring (bicyclic) bond motifs is 1. The van der Waals surface area contributed by atoms with Crippen LogP contribution in [0.2, 0.25) is 0 Å². The van der Waals surface area contributed by atoms with E-state index in [1.54, 1.807) is 42.5 Å².